The lowest BCUT2D eigenvalue weighted by molar-refractivity contribution is 0.0693. The summed E-state index contributed by atoms with van der Waals surface area (Å²) in [4.78, 5) is 21.6. The fourth-order valence-corrected chi connectivity index (χ4v) is 2.52. The molecule has 0 bridgehead atoms. The molecule has 0 saturated heterocycles. The Morgan fingerprint density at radius 2 is 2.26 bits per heavy atom. The minimum atomic E-state index is -0.946. The van der Waals surface area contributed by atoms with Crippen LogP contribution in [0.5, 0.6) is 0 Å². The number of pyridine rings is 1. The fourth-order valence-electron chi connectivity index (χ4n) is 1.76. The molecule has 0 aliphatic carbocycles. The summed E-state index contributed by atoms with van der Waals surface area (Å²) in [6.45, 7) is 2.52. The van der Waals surface area contributed by atoms with E-state index in [0.29, 0.717) is 12.2 Å². The first-order chi connectivity index (χ1) is 9.09. The zero-order valence-electron chi connectivity index (χ0n) is 10.8. The van der Waals surface area contributed by atoms with Crippen molar-refractivity contribution in [3.8, 4) is 0 Å². The van der Waals surface area contributed by atoms with E-state index in [1.807, 2.05) is 24.3 Å². The van der Waals surface area contributed by atoms with Gasteiger partial charge < -0.3 is 5.11 Å². The summed E-state index contributed by atoms with van der Waals surface area (Å²) in [7, 11) is 1.94. The van der Waals surface area contributed by atoms with Crippen LogP contribution in [-0.2, 0) is 6.54 Å². The topological polar surface area (TPSA) is 66.3 Å². The highest BCUT2D eigenvalue weighted by molar-refractivity contribution is 7.09. The van der Waals surface area contributed by atoms with Gasteiger partial charge in [0.1, 0.15) is 5.01 Å². The van der Waals surface area contributed by atoms with E-state index in [-0.39, 0.29) is 11.6 Å². The Morgan fingerprint density at radius 1 is 1.47 bits per heavy atom. The number of aromatic carboxylic acids is 1. The van der Waals surface area contributed by atoms with Crippen molar-refractivity contribution in [2.45, 2.75) is 19.5 Å². The maximum absolute atomic E-state index is 11.1. The average Bonchev–Trinajstić information content (AvgIpc) is 2.92. The molecule has 0 aromatic carbocycles. The second-order valence-electron chi connectivity index (χ2n) is 4.26. The van der Waals surface area contributed by atoms with Gasteiger partial charge >= 0.3 is 5.97 Å². The highest BCUT2D eigenvalue weighted by Crippen LogP contribution is 2.22. The highest BCUT2D eigenvalue weighted by atomic mass is 32.1. The number of rotatable bonds is 5. The third-order valence-corrected chi connectivity index (χ3v) is 3.94. The van der Waals surface area contributed by atoms with Gasteiger partial charge in [0, 0.05) is 24.3 Å². The maximum atomic E-state index is 11.1. The highest BCUT2D eigenvalue weighted by Gasteiger charge is 2.18. The Morgan fingerprint density at radius 3 is 2.89 bits per heavy atom. The van der Waals surface area contributed by atoms with Gasteiger partial charge in [-0.2, -0.15) is 0 Å². The van der Waals surface area contributed by atoms with Crippen molar-refractivity contribution in [2.75, 3.05) is 7.05 Å². The van der Waals surface area contributed by atoms with Crippen LogP contribution in [0, 0.1) is 0 Å². The number of hydrogen-bond acceptors (Lipinski definition) is 5. The second-order valence-corrected chi connectivity index (χ2v) is 5.19. The summed E-state index contributed by atoms with van der Waals surface area (Å²) in [6, 6.07) is 3.34. The van der Waals surface area contributed by atoms with E-state index in [1.165, 1.54) is 0 Å². The Kier molecular flexibility index (Phi) is 4.24. The number of carboxylic acids is 1. The molecule has 6 heteroatoms. The predicted molar refractivity (Wildman–Crippen MR) is 73.2 cm³/mol. The first-order valence-electron chi connectivity index (χ1n) is 5.86. The quantitative estimate of drug-likeness (QED) is 0.909. The molecular formula is C13H15N3O2S. The smallest absolute Gasteiger partial charge is 0.337 e. The van der Waals surface area contributed by atoms with Gasteiger partial charge in [-0.1, -0.05) is 0 Å². The van der Waals surface area contributed by atoms with Crippen molar-refractivity contribution in [1.82, 2.24) is 14.9 Å². The van der Waals surface area contributed by atoms with Crippen LogP contribution < -0.4 is 0 Å². The Bertz CT molecular complexity index is 557. The van der Waals surface area contributed by atoms with Crippen LogP contribution in [0.4, 0.5) is 0 Å². The van der Waals surface area contributed by atoms with E-state index in [0.717, 1.165) is 5.01 Å². The number of thiazole rings is 1. The monoisotopic (exact) mass is 277 g/mol. The summed E-state index contributed by atoms with van der Waals surface area (Å²) in [6.07, 6.45) is 3.39. The third-order valence-electron chi connectivity index (χ3n) is 2.99. The van der Waals surface area contributed by atoms with E-state index < -0.39 is 5.97 Å². The van der Waals surface area contributed by atoms with Crippen LogP contribution in [0.15, 0.2) is 29.9 Å². The summed E-state index contributed by atoms with van der Waals surface area (Å²) >= 11 is 1.59. The van der Waals surface area contributed by atoms with E-state index in [1.54, 1.807) is 35.9 Å². The molecule has 0 radical (unpaired) electrons. The van der Waals surface area contributed by atoms with E-state index in [9.17, 15) is 4.79 Å². The van der Waals surface area contributed by atoms with Gasteiger partial charge in [0.05, 0.1) is 17.3 Å². The summed E-state index contributed by atoms with van der Waals surface area (Å²) in [5, 5.41) is 12.1. The van der Waals surface area contributed by atoms with Crippen molar-refractivity contribution < 1.29 is 9.90 Å². The number of carboxylic acid groups (broad SMARTS) is 1. The molecule has 0 spiro atoms. The van der Waals surface area contributed by atoms with Crippen LogP contribution in [-0.4, -0.2) is 33.0 Å². The zero-order chi connectivity index (χ0) is 13.8. The van der Waals surface area contributed by atoms with Crippen LogP contribution >= 0.6 is 11.3 Å². The Balaban J connectivity index is 2.15. The van der Waals surface area contributed by atoms with Crippen molar-refractivity contribution in [1.29, 1.82) is 0 Å². The molecule has 0 saturated carbocycles. The first kappa shape index (κ1) is 13.6. The van der Waals surface area contributed by atoms with Crippen molar-refractivity contribution in [3.05, 3.63) is 46.2 Å². The molecule has 0 aliphatic heterocycles. The molecule has 0 aliphatic rings. The number of nitrogens with zero attached hydrogens (tertiary/aromatic N) is 3. The molecule has 1 N–H and O–H groups in total. The third kappa shape index (κ3) is 3.15. The first-order valence-corrected chi connectivity index (χ1v) is 6.74. The second kappa shape index (κ2) is 5.90. The summed E-state index contributed by atoms with van der Waals surface area (Å²) in [5.41, 5.74) is 0.821. The number of aromatic nitrogens is 2. The largest absolute Gasteiger partial charge is 0.478 e. The van der Waals surface area contributed by atoms with E-state index >= 15 is 0 Å². The van der Waals surface area contributed by atoms with Crippen LogP contribution in [0.2, 0.25) is 0 Å². The molecular weight excluding hydrogens is 262 g/mol. The molecule has 0 amide bonds. The minimum Gasteiger partial charge on any atom is -0.478 e. The van der Waals surface area contributed by atoms with Gasteiger partial charge in [-0.3, -0.25) is 9.88 Å². The SMILES string of the molecule is CC(c1nccs1)N(C)Cc1ncccc1C(=O)O. The lowest BCUT2D eigenvalue weighted by atomic mass is 10.1. The van der Waals surface area contributed by atoms with Crippen LogP contribution in [0.1, 0.15) is 34.0 Å². The molecule has 5 nitrogen and oxygen atoms in total. The molecule has 19 heavy (non-hydrogen) atoms. The van der Waals surface area contributed by atoms with Gasteiger partial charge in [-0.25, -0.2) is 9.78 Å². The van der Waals surface area contributed by atoms with Crippen molar-refractivity contribution in [2.24, 2.45) is 0 Å². The lowest BCUT2D eigenvalue weighted by Gasteiger charge is -2.23. The van der Waals surface area contributed by atoms with E-state index in [2.05, 4.69) is 9.97 Å². The molecule has 2 rings (SSSR count). The average molecular weight is 277 g/mol. The van der Waals surface area contributed by atoms with Gasteiger partial charge in [-0.05, 0) is 26.1 Å². The normalized spacial score (nSPS) is 12.6. The molecule has 2 heterocycles. The fraction of sp³-hybridized carbons (Fsp3) is 0.308. The number of carbonyl (C=O) groups is 1. The molecule has 0 fully saturated rings. The lowest BCUT2D eigenvalue weighted by Crippen LogP contribution is -2.23. The van der Waals surface area contributed by atoms with Gasteiger partial charge in [0.25, 0.3) is 0 Å². The van der Waals surface area contributed by atoms with Gasteiger partial charge in [0.15, 0.2) is 0 Å². The molecule has 1 atom stereocenters. The number of hydrogen-bond donors (Lipinski definition) is 1. The molecule has 1 unspecified atom stereocenters. The minimum absolute atomic E-state index is 0.128. The zero-order valence-corrected chi connectivity index (χ0v) is 11.6. The van der Waals surface area contributed by atoms with E-state index in [4.69, 9.17) is 5.11 Å². The van der Waals surface area contributed by atoms with Gasteiger partial charge in [0.2, 0.25) is 0 Å². The van der Waals surface area contributed by atoms with Crippen molar-refractivity contribution in [3.63, 3.8) is 0 Å². The van der Waals surface area contributed by atoms with Crippen LogP contribution in [0.25, 0.3) is 0 Å². The standard InChI is InChI=1S/C13H15N3O2S/c1-9(12-15-6-7-19-12)16(2)8-11-10(13(17)18)4-3-5-14-11/h3-7,9H,8H2,1-2H3,(H,17,18). The Hall–Kier alpha value is -1.79. The molecule has 2 aromatic heterocycles. The van der Waals surface area contributed by atoms with Crippen molar-refractivity contribution >= 4 is 17.3 Å². The maximum Gasteiger partial charge on any atom is 0.337 e. The Labute approximate surface area is 115 Å². The predicted octanol–water partition coefficient (Wildman–Crippen LogP) is 2.43. The summed E-state index contributed by atoms with van der Waals surface area (Å²) in [5.74, 6) is -0.946. The van der Waals surface area contributed by atoms with Crippen LogP contribution in [0.3, 0.4) is 0 Å². The molecule has 2 aromatic rings. The summed E-state index contributed by atoms with van der Waals surface area (Å²) < 4.78 is 0. The van der Waals surface area contributed by atoms with Gasteiger partial charge in [-0.15, -0.1) is 11.3 Å². The molecule has 100 valence electrons.